The van der Waals surface area contributed by atoms with Crippen molar-refractivity contribution < 1.29 is 18.0 Å². The molecule has 156 valence electrons. The standard InChI is InChI=1S/C26H19F3OS/c27-26(28,29)25(22-13-5-2-6-14-22,18-24(30)20-10-3-1-4-11-20)31-23-16-15-19-9-7-8-12-21(19)17-23/h1-17H,18H2. The Morgan fingerprint density at radius 1 is 0.710 bits per heavy atom. The minimum absolute atomic E-state index is 0.0601. The highest BCUT2D eigenvalue weighted by Gasteiger charge is 2.57. The number of hydrogen-bond acceptors (Lipinski definition) is 2. The summed E-state index contributed by atoms with van der Waals surface area (Å²) in [5, 5.41) is 1.80. The van der Waals surface area contributed by atoms with Crippen LogP contribution in [0.3, 0.4) is 0 Å². The van der Waals surface area contributed by atoms with Crippen LogP contribution in [0.5, 0.6) is 0 Å². The third-order valence-corrected chi connectivity index (χ3v) is 6.67. The van der Waals surface area contributed by atoms with Crippen LogP contribution in [0.2, 0.25) is 0 Å². The third kappa shape index (κ3) is 4.37. The van der Waals surface area contributed by atoms with Crippen LogP contribution >= 0.6 is 11.8 Å². The molecule has 5 heteroatoms. The molecule has 1 nitrogen and oxygen atoms in total. The van der Waals surface area contributed by atoms with E-state index in [1.165, 1.54) is 12.1 Å². The Morgan fingerprint density at radius 2 is 1.29 bits per heavy atom. The minimum atomic E-state index is -4.66. The number of carbonyl (C=O) groups excluding carboxylic acids is 1. The summed E-state index contributed by atoms with van der Waals surface area (Å²) < 4.78 is 41.9. The second-order valence-corrected chi connectivity index (χ2v) is 8.64. The van der Waals surface area contributed by atoms with Crippen LogP contribution in [0.25, 0.3) is 10.8 Å². The number of thioether (sulfide) groups is 1. The molecule has 0 aliphatic rings. The topological polar surface area (TPSA) is 17.1 Å². The van der Waals surface area contributed by atoms with E-state index in [9.17, 15) is 18.0 Å². The van der Waals surface area contributed by atoms with Crippen LogP contribution in [-0.4, -0.2) is 12.0 Å². The molecule has 31 heavy (non-hydrogen) atoms. The van der Waals surface area contributed by atoms with E-state index in [4.69, 9.17) is 0 Å². The second-order valence-electron chi connectivity index (χ2n) is 7.27. The number of carbonyl (C=O) groups is 1. The molecule has 0 bridgehead atoms. The second kappa shape index (κ2) is 8.60. The predicted molar refractivity (Wildman–Crippen MR) is 119 cm³/mol. The number of fused-ring (bicyclic) bond motifs is 1. The van der Waals surface area contributed by atoms with Gasteiger partial charge >= 0.3 is 6.18 Å². The quantitative estimate of drug-likeness (QED) is 0.228. The molecule has 1 atom stereocenters. The summed E-state index contributed by atoms with van der Waals surface area (Å²) >= 11 is 0.688. The van der Waals surface area contributed by atoms with Gasteiger partial charge in [0, 0.05) is 16.9 Å². The van der Waals surface area contributed by atoms with Crippen LogP contribution in [0.4, 0.5) is 13.2 Å². The monoisotopic (exact) mass is 436 g/mol. The molecule has 0 spiro atoms. The van der Waals surface area contributed by atoms with Gasteiger partial charge in [-0.05, 0) is 28.5 Å². The first-order valence-corrected chi connectivity index (χ1v) is 10.6. The minimum Gasteiger partial charge on any atom is -0.294 e. The predicted octanol–water partition coefficient (Wildman–Crippen LogP) is 7.66. The lowest BCUT2D eigenvalue weighted by Gasteiger charge is -2.35. The number of hydrogen-bond donors (Lipinski definition) is 0. The van der Waals surface area contributed by atoms with Gasteiger partial charge in [0.05, 0.1) is 0 Å². The lowest BCUT2D eigenvalue weighted by atomic mass is 9.90. The Morgan fingerprint density at radius 3 is 1.94 bits per heavy atom. The number of Topliss-reactive ketones (excluding diaryl/α,β-unsaturated/α-hetero) is 1. The molecule has 0 fully saturated rings. The zero-order valence-electron chi connectivity index (χ0n) is 16.5. The maximum absolute atomic E-state index is 14.8. The van der Waals surface area contributed by atoms with E-state index < -0.39 is 23.1 Å². The lowest BCUT2D eigenvalue weighted by Crippen LogP contribution is -2.41. The molecular formula is C26H19F3OS. The van der Waals surface area contributed by atoms with E-state index in [0.717, 1.165) is 10.8 Å². The van der Waals surface area contributed by atoms with Crippen molar-refractivity contribution in [3.05, 3.63) is 114 Å². The molecule has 0 saturated carbocycles. The van der Waals surface area contributed by atoms with Crippen molar-refractivity contribution in [1.29, 1.82) is 0 Å². The molecule has 4 aromatic rings. The smallest absolute Gasteiger partial charge is 0.294 e. The van der Waals surface area contributed by atoms with Crippen LogP contribution in [0.15, 0.2) is 108 Å². The lowest BCUT2D eigenvalue weighted by molar-refractivity contribution is -0.161. The first-order valence-electron chi connectivity index (χ1n) is 9.77. The fourth-order valence-corrected chi connectivity index (χ4v) is 4.91. The van der Waals surface area contributed by atoms with Crippen molar-refractivity contribution in [3.63, 3.8) is 0 Å². The molecule has 4 rings (SSSR count). The zero-order valence-corrected chi connectivity index (χ0v) is 17.3. The summed E-state index contributed by atoms with van der Waals surface area (Å²) in [5.41, 5.74) is 0.330. The first-order chi connectivity index (χ1) is 14.9. The maximum Gasteiger partial charge on any atom is 0.408 e. The fraction of sp³-hybridized carbons (Fsp3) is 0.115. The van der Waals surface area contributed by atoms with Gasteiger partial charge in [-0.25, -0.2) is 0 Å². The third-order valence-electron chi connectivity index (χ3n) is 5.22. The van der Waals surface area contributed by atoms with Crippen molar-refractivity contribution >= 4 is 28.3 Å². The summed E-state index contributed by atoms with van der Waals surface area (Å²) in [6.45, 7) is 0. The molecular weight excluding hydrogens is 417 g/mol. The van der Waals surface area contributed by atoms with Gasteiger partial charge in [-0.3, -0.25) is 4.79 Å². The van der Waals surface area contributed by atoms with E-state index in [1.54, 1.807) is 60.7 Å². The summed E-state index contributed by atoms with van der Waals surface area (Å²) in [5.74, 6) is -0.546. The Bertz CT molecular complexity index is 1190. The molecule has 0 heterocycles. The highest BCUT2D eigenvalue weighted by Crippen LogP contribution is 2.55. The summed E-state index contributed by atoms with van der Waals surface area (Å²) in [6, 6.07) is 28.6. The number of ketones is 1. The Balaban J connectivity index is 1.83. The molecule has 0 radical (unpaired) electrons. The number of halogens is 3. The average molecular weight is 436 g/mol. The normalized spacial score (nSPS) is 13.6. The summed E-state index contributed by atoms with van der Waals surface area (Å²) in [4.78, 5) is 13.4. The van der Waals surface area contributed by atoms with E-state index in [2.05, 4.69) is 0 Å². The zero-order chi connectivity index (χ0) is 21.9. The fourth-order valence-electron chi connectivity index (χ4n) is 3.61. The van der Waals surface area contributed by atoms with Gasteiger partial charge < -0.3 is 0 Å². The number of rotatable bonds is 6. The van der Waals surface area contributed by atoms with Crippen molar-refractivity contribution in [2.75, 3.05) is 0 Å². The molecule has 0 amide bonds. The van der Waals surface area contributed by atoms with Crippen LogP contribution in [0.1, 0.15) is 22.3 Å². The van der Waals surface area contributed by atoms with Crippen LogP contribution in [0, 0.1) is 0 Å². The van der Waals surface area contributed by atoms with Crippen LogP contribution in [-0.2, 0) is 4.75 Å². The highest BCUT2D eigenvalue weighted by atomic mass is 32.2. The first kappa shape index (κ1) is 21.2. The van der Waals surface area contributed by atoms with Crippen molar-refractivity contribution in [2.24, 2.45) is 0 Å². The number of benzene rings is 4. The molecule has 4 aromatic carbocycles. The average Bonchev–Trinajstić information content (AvgIpc) is 2.79. The molecule has 0 aliphatic carbocycles. The van der Waals surface area contributed by atoms with Gasteiger partial charge in [0.1, 0.15) is 4.75 Å². The van der Waals surface area contributed by atoms with Gasteiger partial charge in [-0.2, -0.15) is 13.2 Å². The van der Waals surface area contributed by atoms with Crippen molar-refractivity contribution in [3.8, 4) is 0 Å². The van der Waals surface area contributed by atoms with E-state index in [0.29, 0.717) is 16.7 Å². The van der Waals surface area contributed by atoms with E-state index in [1.807, 2.05) is 30.3 Å². The molecule has 0 saturated heterocycles. The summed E-state index contributed by atoms with van der Waals surface area (Å²) in [6.07, 6.45) is -5.35. The van der Waals surface area contributed by atoms with Crippen molar-refractivity contribution in [1.82, 2.24) is 0 Å². The Hall–Kier alpha value is -3.05. The van der Waals surface area contributed by atoms with E-state index >= 15 is 0 Å². The molecule has 1 unspecified atom stereocenters. The SMILES string of the molecule is O=C(CC(Sc1ccc2ccccc2c1)(c1ccccc1)C(F)(F)F)c1ccccc1. The van der Waals surface area contributed by atoms with Gasteiger partial charge in [0.2, 0.25) is 0 Å². The van der Waals surface area contributed by atoms with Crippen molar-refractivity contribution in [2.45, 2.75) is 22.2 Å². The number of alkyl halides is 3. The molecule has 0 aromatic heterocycles. The molecule has 0 N–H and O–H groups in total. The van der Waals surface area contributed by atoms with E-state index in [-0.39, 0.29) is 11.1 Å². The highest BCUT2D eigenvalue weighted by molar-refractivity contribution is 8.00. The Labute approximate surface area is 182 Å². The largest absolute Gasteiger partial charge is 0.408 e. The molecule has 0 aliphatic heterocycles. The maximum atomic E-state index is 14.8. The van der Waals surface area contributed by atoms with Gasteiger partial charge in [-0.15, -0.1) is 11.8 Å². The van der Waals surface area contributed by atoms with Gasteiger partial charge in [-0.1, -0.05) is 91.0 Å². The summed E-state index contributed by atoms with van der Waals surface area (Å²) in [7, 11) is 0. The van der Waals surface area contributed by atoms with Gasteiger partial charge in [0.15, 0.2) is 5.78 Å². The van der Waals surface area contributed by atoms with Crippen LogP contribution < -0.4 is 0 Å². The Kier molecular flexibility index (Phi) is 5.88. The van der Waals surface area contributed by atoms with Gasteiger partial charge in [0.25, 0.3) is 0 Å².